The van der Waals surface area contributed by atoms with Crippen LogP contribution in [0.5, 0.6) is 5.75 Å². The predicted octanol–water partition coefficient (Wildman–Crippen LogP) is 2.80. The number of rotatable bonds is 7. The first-order valence-corrected chi connectivity index (χ1v) is 7.08. The van der Waals surface area contributed by atoms with Crippen LogP contribution in [-0.2, 0) is 4.74 Å². The molecule has 1 N–H and O–H groups in total. The van der Waals surface area contributed by atoms with Gasteiger partial charge >= 0.3 is 0 Å². The van der Waals surface area contributed by atoms with Gasteiger partial charge in [0.1, 0.15) is 5.75 Å². The minimum Gasteiger partial charge on any atom is -0.497 e. The highest BCUT2D eigenvalue weighted by Crippen LogP contribution is 2.49. The Morgan fingerprint density at radius 1 is 1.39 bits per heavy atom. The zero-order chi connectivity index (χ0) is 13.0. The number of nitrogens with one attached hydrogen (secondary N) is 1. The van der Waals surface area contributed by atoms with Crippen LogP contribution in [0.25, 0.3) is 0 Å². The highest BCUT2D eigenvalue weighted by molar-refractivity contribution is 9.10. The summed E-state index contributed by atoms with van der Waals surface area (Å²) in [7, 11) is 3.44. The number of hydrogen-bond acceptors (Lipinski definition) is 3. The number of methoxy groups -OCH3 is 2. The maximum atomic E-state index is 5.28. The Morgan fingerprint density at radius 2 is 2.22 bits per heavy atom. The van der Waals surface area contributed by atoms with Gasteiger partial charge in [-0.15, -0.1) is 0 Å². The van der Waals surface area contributed by atoms with Gasteiger partial charge in [-0.05, 0) is 48.6 Å². The van der Waals surface area contributed by atoms with Gasteiger partial charge in [-0.1, -0.05) is 15.9 Å². The normalized spacial score (nSPS) is 21.9. The molecule has 0 saturated heterocycles. The zero-order valence-electron chi connectivity index (χ0n) is 10.9. The van der Waals surface area contributed by atoms with E-state index in [1.54, 1.807) is 14.2 Å². The van der Waals surface area contributed by atoms with Crippen molar-refractivity contribution in [1.82, 2.24) is 5.32 Å². The van der Waals surface area contributed by atoms with Crippen molar-refractivity contribution in [3.05, 3.63) is 28.2 Å². The van der Waals surface area contributed by atoms with Crippen molar-refractivity contribution in [2.75, 3.05) is 33.9 Å². The highest BCUT2D eigenvalue weighted by Gasteiger charge is 2.38. The van der Waals surface area contributed by atoms with Gasteiger partial charge in [0.05, 0.1) is 13.7 Å². The zero-order valence-corrected chi connectivity index (χ0v) is 12.5. The van der Waals surface area contributed by atoms with E-state index >= 15 is 0 Å². The Bertz CT molecular complexity index is 397. The van der Waals surface area contributed by atoms with Crippen molar-refractivity contribution in [2.24, 2.45) is 5.92 Å². The molecule has 1 aromatic rings. The monoisotopic (exact) mass is 313 g/mol. The van der Waals surface area contributed by atoms with Gasteiger partial charge in [0.25, 0.3) is 0 Å². The van der Waals surface area contributed by atoms with E-state index in [9.17, 15) is 0 Å². The summed E-state index contributed by atoms with van der Waals surface area (Å²) in [6.07, 6.45) is 1.26. The Hall–Kier alpha value is -0.580. The largest absolute Gasteiger partial charge is 0.497 e. The van der Waals surface area contributed by atoms with Crippen LogP contribution in [0.4, 0.5) is 0 Å². The fourth-order valence-electron chi connectivity index (χ4n) is 2.25. The minimum atomic E-state index is 0.657. The van der Waals surface area contributed by atoms with Gasteiger partial charge in [-0.3, -0.25) is 0 Å². The number of benzene rings is 1. The molecular formula is C14H20BrNO2. The molecule has 1 fully saturated rings. The van der Waals surface area contributed by atoms with Crippen molar-refractivity contribution in [3.63, 3.8) is 0 Å². The standard InChI is InChI=1S/C14H20BrNO2/c1-17-6-5-16-9-10-7-12(10)13-8-11(18-2)3-4-14(13)15/h3-4,8,10,12,16H,5-7,9H2,1-2H3. The summed E-state index contributed by atoms with van der Waals surface area (Å²) in [6, 6.07) is 6.20. The van der Waals surface area contributed by atoms with Crippen molar-refractivity contribution in [2.45, 2.75) is 12.3 Å². The molecule has 1 aliphatic carbocycles. The molecule has 18 heavy (non-hydrogen) atoms. The van der Waals surface area contributed by atoms with E-state index in [1.807, 2.05) is 6.07 Å². The molecule has 0 aliphatic heterocycles. The van der Waals surface area contributed by atoms with Crippen LogP contribution in [0.1, 0.15) is 17.9 Å². The lowest BCUT2D eigenvalue weighted by atomic mass is 10.1. The van der Waals surface area contributed by atoms with E-state index in [2.05, 4.69) is 33.4 Å². The number of hydrogen-bond donors (Lipinski definition) is 1. The van der Waals surface area contributed by atoms with Crippen LogP contribution in [0.2, 0.25) is 0 Å². The Morgan fingerprint density at radius 3 is 2.94 bits per heavy atom. The van der Waals surface area contributed by atoms with E-state index in [0.717, 1.165) is 31.4 Å². The van der Waals surface area contributed by atoms with E-state index < -0.39 is 0 Å². The van der Waals surface area contributed by atoms with Gasteiger partial charge in [0, 0.05) is 18.1 Å². The van der Waals surface area contributed by atoms with Crippen molar-refractivity contribution in [3.8, 4) is 5.75 Å². The summed E-state index contributed by atoms with van der Waals surface area (Å²) in [6.45, 7) is 2.77. The first kappa shape index (κ1) is 13.8. The quantitative estimate of drug-likeness (QED) is 0.785. The van der Waals surface area contributed by atoms with Crippen LogP contribution in [0.15, 0.2) is 22.7 Å². The lowest BCUT2D eigenvalue weighted by Gasteiger charge is -2.07. The van der Waals surface area contributed by atoms with E-state index in [4.69, 9.17) is 9.47 Å². The molecule has 0 radical (unpaired) electrons. The molecule has 0 heterocycles. The third kappa shape index (κ3) is 3.46. The maximum absolute atomic E-state index is 5.28. The molecule has 2 atom stereocenters. The molecule has 2 unspecified atom stereocenters. The van der Waals surface area contributed by atoms with Gasteiger partial charge in [0.2, 0.25) is 0 Å². The fourth-order valence-corrected chi connectivity index (χ4v) is 2.79. The van der Waals surface area contributed by atoms with Crippen LogP contribution in [-0.4, -0.2) is 33.9 Å². The van der Waals surface area contributed by atoms with E-state index in [-0.39, 0.29) is 0 Å². The van der Waals surface area contributed by atoms with Gasteiger partial charge in [0.15, 0.2) is 0 Å². The second kappa shape index (κ2) is 6.55. The lowest BCUT2D eigenvalue weighted by molar-refractivity contribution is 0.199. The second-order valence-corrected chi connectivity index (χ2v) is 5.54. The third-order valence-corrected chi connectivity index (χ3v) is 4.14. The maximum Gasteiger partial charge on any atom is 0.119 e. The molecule has 0 aromatic heterocycles. The fraction of sp³-hybridized carbons (Fsp3) is 0.571. The molecule has 1 aliphatic rings. The number of halogens is 1. The molecule has 1 saturated carbocycles. The Balaban J connectivity index is 1.86. The van der Waals surface area contributed by atoms with Crippen LogP contribution in [0.3, 0.4) is 0 Å². The summed E-state index contributed by atoms with van der Waals surface area (Å²) in [5, 5.41) is 3.42. The van der Waals surface area contributed by atoms with Crippen molar-refractivity contribution >= 4 is 15.9 Å². The molecule has 1 aromatic carbocycles. The molecular weight excluding hydrogens is 294 g/mol. The average Bonchev–Trinajstić information content (AvgIpc) is 3.15. The SMILES string of the molecule is COCCNCC1CC1c1cc(OC)ccc1Br. The van der Waals surface area contributed by atoms with Crippen molar-refractivity contribution in [1.29, 1.82) is 0 Å². The summed E-state index contributed by atoms with van der Waals surface area (Å²) in [4.78, 5) is 0. The molecule has 0 spiro atoms. The molecule has 3 nitrogen and oxygen atoms in total. The molecule has 100 valence electrons. The predicted molar refractivity (Wildman–Crippen MR) is 76.3 cm³/mol. The van der Waals surface area contributed by atoms with Crippen molar-refractivity contribution < 1.29 is 9.47 Å². The van der Waals surface area contributed by atoms with Crippen LogP contribution < -0.4 is 10.1 Å². The average molecular weight is 314 g/mol. The smallest absolute Gasteiger partial charge is 0.119 e. The van der Waals surface area contributed by atoms with Crippen LogP contribution in [0, 0.1) is 5.92 Å². The molecule has 0 bridgehead atoms. The first-order valence-electron chi connectivity index (χ1n) is 6.29. The third-order valence-electron chi connectivity index (χ3n) is 3.41. The first-order chi connectivity index (χ1) is 8.76. The topological polar surface area (TPSA) is 30.5 Å². The summed E-state index contributed by atoms with van der Waals surface area (Å²) in [5.74, 6) is 2.33. The highest BCUT2D eigenvalue weighted by atomic mass is 79.9. The van der Waals surface area contributed by atoms with E-state index in [0.29, 0.717) is 5.92 Å². The van der Waals surface area contributed by atoms with Gasteiger partial charge in [-0.2, -0.15) is 0 Å². The Labute approximate surface area is 117 Å². The van der Waals surface area contributed by atoms with Gasteiger partial charge in [-0.25, -0.2) is 0 Å². The Kier molecular flexibility index (Phi) is 5.03. The summed E-state index contributed by atoms with van der Waals surface area (Å²) < 4.78 is 11.5. The molecule has 4 heteroatoms. The van der Waals surface area contributed by atoms with E-state index in [1.165, 1.54) is 16.5 Å². The molecule has 0 amide bonds. The second-order valence-electron chi connectivity index (χ2n) is 4.69. The summed E-state index contributed by atoms with van der Waals surface area (Å²) in [5.41, 5.74) is 1.37. The summed E-state index contributed by atoms with van der Waals surface area (Å²) >= 11 is 3.62. The lowest BCUT2D eigenvalue weighted by Crippen LogP contribution is -2.21. The van der Waals surface area contributed by atoms with Crippen LogP contribution >= 0.6 is 15.9 Å². The minimum absolute atomic E-state index is 0.657. The number of ether oxygens (including phenoxy) is 2. The van der Waals surface area contributed by atoms with Gasteiger partial charge < -0.3 is 14.8 Å². The molecule has 2 rings (SSSR count).